The Hall–Kier alpha value is -1.64. The number of benzene rings is 1. The number of nitrogens with one attached hydrogen (secondary N) is 1. The van der Waals surface area contributed by atoms with E-state index in [0.29, 0.717) is 18.8 Å². The summed E-state index contributed by atoms with van der Waals surface area (Å²) < 4.78 is 31.9. The zero-order valence-corrected chi connectivity index (χ0v) is 15.2. The van der Waals surface area contributed by atoms with Crippen molar-refractivity contribution in [3.05, 3.63) is 18.2 Å². The minimum Gasteiger partial charge on any atom is -0.376 e. The molecule has 1 heterocycles. The Morgan fingerprint density at radius 3 is 2.50 bits per heavy atom. The molecule has 1 aliphatic heterocycles. The second-order valence-corrected chi connectivity index (χ2v) is 7.96. The minimum atomic E-state index is -3.54. The van der Waals surface area contributed by atoms with Crippen LogP contribution in [0.25, 0.3) is 0 Å². The summed E-state index contributed by atoms with van der Waals surface area (Å²) in [6.07, 6.45) is 2.82. The third-order valence-corrected chi connectivity index (χ3v) is 5.85. The lowest BCUT2D eigenvalue weighted by Crippen LogP contribution is -2.35. The van der Waals surface area contributed by atoms with E-state index in [1.165, 1.54) is 17.5 Å². The predicted octanol–water partition coefficient (Wildman–Crippen LogP) is 1.51. The van der Waals surface area contributed by atoms with E-state index in [4.69, 9.17) is 4.74 Å². The van der Waals surface area contributed by atoms with Gasteiger partial charge in [0.2, 0.25) is 15.9 Å². The highest BCUT2D eigenvalue weighted by molar-refractivity contribution is 7.89. The average Bonchev–Trinajstić information content (AvgIpc) is 2.55. The molecule has 2 rings (SSSR count). The first-order chi connectivity index (χ1) is 11.4. The monoisotopic (exact) mass is 355 g/mol. The molecule has 0 atom stereocenters. The SMILES string of the molecule is COCC(=O)Nc1cc(S(=O)(=O)N2CCCCC2)ccc1N(C)C. The molecule has 0 aromatic heterocycles. The Kier molecular flexibility index (Phi) is 6.20. The standard InChI is InChI=1S/C16H25N3O4S/c1-18(2)15-8-7-13(11-14(15)17-16(20)12-23-3)24(21,22)19-9-5-4-6-10-19/h7-8,11H,4-6,9-10,12H2,1-3H3,(H,17,20). The van der Waals surface area contributed by atoms with Gasteiger partial charge >= 0.3 is 0 Å². The van der Waals surface area contributed by atoms with Gasteiger partial charge in [0.25, 0.3) is 0 Å². The molecular weight excluding hydrogens is 330 g/mol. The lowest BCUT2D eigenvalue weighted by Gasteiger charge is -2.26. The average molecular weight is 355 g/mol. The van der Waals surface area contributed by atoms with Crippen LogP contribution in [0.1, 0.15) is 19.3 Å². The van der Waals surface area contributed by atoms with Crippen LogP contribution < -0.4 is 10.2 Å². The van der Waals surface area contributed by atoms with Crippen LogP contribution in [0.5, 0.6) is 0 Å². The predicted molar refractivity (Wildman–Crippen MR) is 93.9 cm³/mol. The van der Waals surface area contributed by atoms with E-state index in [1.807, 2.05) is 19.0 Å². The maximum absolute atomic E-state index is 12.8. The number of piperidine rings is 1. The topological polar surface area (TPSA) is 78.9 Å². The van der Waals surface area contributed by atoms with E-state index in [0.717, 1.165) is 24.9 Å². The molecule has 24 heavy (non-hydrogen) atoms. The van der Waals surface area contributed by atoms with Gasteiger partial charge < -0.3 is 15.0 Å². The van der Waals surface area contributed by atoms with Crippen molar-refractivity contribution in [2.75, 3.05) is 51.1 Å². The van der Waals surface area contributed by atoms with Crippen molar-refractivity contribution in [1.29, 1.82) is 0 Å². The fourth-order valence-electron chi connectivity index (χ4n) is 2.74. The molecule has 8 heteroatoms. The Bertz CT molecular complexity index is 683. The Labute approximate surface area is 143 Å². The first-order valence-electron chi connectivity index (χ1n) is 7.96. The van der Waals surface area contributed by atoms with Crippen molar-refractivity contribution in [1.82, 2.24) is 4.31 Å². The van der Waals surface area contributed by atoms with E-state index in [9.17, 15) is 13.2 Å². The van der Waals surface area contributed by atoms with Crippen LogP contribution in [0.2, 0.25) is 0 Å². The van der Waals surface area contributed by atoms with Gasteiger partial charge in [-0.1, -0.05) is 6.42 Å². The maximum atomic E-state index is 12.8. The van der Waals surface area contributed by atoms with Crippen molar-refractivity contribution in [2.24, 2.45) is 0 Å². The van der Waals surface area contributed by atoms with Crippen LogP contribution in [0.3, 0.4) is 0 Å². The van der Waals surface area contributed by atoms with E-state index >= 15 is 0 Å². The molecule has 134 valence electrons. The molecule has 0 saturated carbocycles. The van der Waals surface area contributed by atoms with Gasteiger partial charge in [0.1, 0.15) is 6.61 Å². The lowest BCUT2D eigenvalue weighted by molar-refractivity contribution is -0.119. The molecule has 1 aliphatic rings. The fourth-order valence-corrected chi connectivity index (χ4v) is 4.28. The summed E-state index contributed by atoms with van der Waals surface area (Å²) in [5.41, 5.74) is 1.19. The number of carbonyl (C=O) groups is 1. The first kappa shape index (κ1) is 18.7. The summed E-state index contributed by atoms with van der Waals surface area (Å²) in [4.78, 5) is 13.9. The number of hydrogen-bond donors (Lipinski definition) is 1. The number of anilines is 2. The highest BCUT2D eigenvalue weighted by Gasteiger charge is 2.27. The van der Waals surface area contributed by atoms with Crippen LogP contribution in [0, 0.1) is 0 Å². The van der Waals surface area contributed by atoms with Crippen LogP contribution >= 0.6 is 0 Å². The van der Waals surface area contributed by atoms with Gasteiger partial charge in [0, 0.05) is 34.3 Å². The van der Waals surface area contributed by atoms with Crippen LogP contribution in [0.4, 0.5) is 11.4 Å². The van der Waals surface area contributed by atoms with Crippen molar-refractivity contribution in [2.45, 2.75) is 24.2 Å². The van der Waals surface area contributed by atoms with Gasteiger partial charge in [-0.05, 0) is 31.0 Å². The Balaban J connectivity index is 2.35. The second kappa shape index (κ2) is 7.96. The smallest absolute Gasteiger partial charge is 0.250 e. The van der Waals surface area contributed by atoms with E-state index in [-0.39, 0.29) is 17.4 Å². The molecule has 1 saturated heterocycles. The molecular formula is C16H25N3O4S. The van der Waals surface area contributed by atoms with E-state index in [2.05, 4.69) is 5.32 Å². The number of methoxy groups -OCH3 is 1. The Morgan fingerprint density at radius 2 is 1.92 bits per heavy atom. The lowest BCUT2D eigenvalue weighted by atomic mass is 10.2. The normalized spacial score (nSPS) is 16.0. The van der Waals surface area contributed by atoms with Crippen LogP contribution in [-0.2, 0) is 19.6 Å². The molecule has 0 spiro atoms. The molecule has 1 aromatic carbocycles. The van der Waals surface area contributed by atoms with Gasteiger partial charge in [-0.2, -0.15) is 4.31 Å². The minimum absolute atomic E-state index is 0.0873. The third kappa shape index (κ3) is 4.25. The number of amides is 1. The van der Waals surface area contributed by atoms with Crippen molar-refractivity contribution >= 4 is 27.3 Å². The number of nitrogens with zero attached hydrogens (tertiary/aromatic N) is 2. The highest BCUT2D eigenvalue weighted by Crippen LogP contribution is 2.30. The third-order valence-electron chi connectivity index (χ3n) is 3.95. The molecule has 0 bridgehead atoms. The van der Waals surface area contributed by atoms with E-state index in [1.54, 1.807) is 12.1 Å². The van der Waals surface area contributed by atoms with Crippen molar-refractivity contribution in [3.63, 3.8) is 0 Å². The van der Waals surface area contributed by atoms with Gasteiger partial charge in [-0.15, -0.1) is 0 Å². The number of hydrogen-bond acceptors (Lipinski definition) is 5. The highest BCUT2D eigenvalue weighted by atomic mass is 32.2. The summed E-state index contributed by atoms with van der Waals surface area (Å²) in [6.45, 7) is 1.00. The molecule has 0 radical (unpaired) electrons. The summed E-state index contributed by atoms with van der Waals surface area (Å²) in [6, 6.07) is 4.82. The summed E-state index contributed by atoms with van der Waals surface area (Å²) in [7, 11) is 1.56. The van der Waals surface area contributed by atoms with Crippen molar-refractivity contribution in [3.8, 4) is 0 Å². The van der Waals surface area contributed by atoms with Crippen molar-refractivity contribution < 1.29 is 17.9 Å². The maximum Gasteiger partial charge on any atom is 0.250 e. The van der Waals surface area contributed by atoms with E-state index < -0.39 is 10.0 Å². The quantitative estimate of drug-likeness (QED) is 0.837. The van der Waals surface area contributed by atoms with Gasteiger partial charge in [-0.25, -0.2) is 8.42 Å². The number of carbonyl (C=O) groups excluding carboxylic acids is 1. The van der Waals surface area contributed by atoms with Gasteiger partial charge in [0.05, 0.1) is 16.3 Å². The number of rotatable bonds is 6. The second-order valence-electron chi connectivity index (χ2n) is 6.02. The zero-order chi connectivity index (χ0) is 17.7. The molecule has 1 N–H and O–H groups in total. The summed E-state index contributed by atoms with van der Waals surface area (Å²) in [5, 5.41) is 2.72. The molecule has 0 aliphatic carbocycles. The van der Waals surface area contributed by atoms with Gasteiger partial charge in [-0.3, -0.25) is 4.79 Å². The molecule has 7 nitrogen and oxygen atoms in total. The van der Waals surface area contributed by atoms with Gasteiger partial charge in [0.15, 0.2) is 0 Å². The molecule has 0 unspecified atom stereocenters. The number of ether oxygens (including phenoxy) is 1. The summed E-state index contributed by atoms with van der Waals surface area (Å²) >= 11 is 0. The van der Waals surface area contributed by atoms with Crippen LogP contribution in [0.15, 0.2) is 23.1 Å². The first-order valence-corrected chi connectivity index (χ1v) is 9.40. The molecule has 1 fully saturated rings. The molecule has 1 aromatic rings. The Morgan fingerprint density at radius 1 is 1.25 bits per heavy atom. The fraction of sp³-hybridized carbons (Fsp3) is 0.562. The zero-order valence-electron chi connectivity index (χ0n) is 14.4. The largest absolute Gasteiger partial charge is 0.376 e. The molecule has 1 amide bonds. The van der Waals surface area contributed by atoms with Crippen LogP contribution in [-0.4, -0.2) is 59.5 Å². The number of sulfonamides is 1. The summed E-state index contributed by atoms with van der Waals surface area (Å²) in [5.74, 6) is -0.326.